The van der Waals surface area contributed by atoms with Gasteiger partial charge in [0.05, 0.1) is 6.61 Å². The van der Waals surface area contributed by atoms with Crippen LogP contribution in [0.25, 0.3) is 0 Å². The van der Waals surface area contributed by atoms with Gasteiger partial charge in [-0.25, -0.2) is 0 Å². The summed E-state index contributed by atoms with van der Waals surface area (Å²) in [5.74, 6) is -0.129. The highest BCUT2D eigenvalue weighted by Gasteiger charge is 2.29. The molecule has 0 aromatic rings. The molecular formula is C14H22O2. The summed E-state index contributed by atoms with van der Waals surface area (Å²) in [5, 5.41) is 0. The van der Waals surface area contributed by atoms with Gasteiger partial charge in [-0.3, -0.25) is 4.79 Å². The van der Waals surface area contributed by atoms with E-state index in [-0.39, 0.29) is 5.97 Å². The fourth-order valence-electron chi connectivity index (χ4n) is 1.75. The van der Waals surface area contributed by atoms with Crippen molar-refractivity contribution in [2.45, 2.75) is 46.0 Å². The first-order chi connectivity index (χ1) is 7.69. The van der Waals surface area contributed by atoms with Crippen LogP contribution in [0.15, 0.2) is 24.3 Å². The van der Waals surface area contributed by atoms with Crippen molar-refractivity contribution < 1.29 is 9.53 Å². The number of carbonyl (C=O) groups is 1. The molecule has 0 aliphatic heterocycles. The van der Waals surface area contributed by atoms with Crippen LogP contribution in [-0.2, 0) is 9.53 Å². The van der Waals surface area contributed by atoms with E-state index in [9.17, 15) is 4.79 Å². The Kier molecular flexibility index (Phi) is 5.30. The number of hydrogen-bond donors (Lipinski definition) is 0. The van der Waals surface area contributed by atoms with Crippen molar-refractivity contribution in [2.24, 2.45) is 5.41 Å². The average molecular weight is 222 g/mol. The van der Waals surface area contributed by atoms with Crippen LogP contribution in [0.5, 0.6) is 0 Å². The highest BCUT2D eigenvalue weighted by Crippen LogP contribution is 2.26. The zero-order chi connectivity index (χ0) is 11.9. The first-order valence-electron chi connectivity index (χ1n) is 6.21. The molecule has 1 aliphatic carbocycles. The minimum atomic E-state index is -0.539. The van der Waals surface area contributed by atoms with E-state index in [1.807, 2.05) is 31.2 Å². The topological polar surface area (TPSA) is 26.3 Å². The minimum absolute atomic E-state index is 0.129. The van der Waals surface area contributed by atoms with Gasteiger partial charge in [-0.05, 0) is 19.8 Å². The third kappa shape index (κ3) is 3.84. The van der Waals surface area contributed by atoms with Crippen molar-refractivity contribution in [1.82, 2.24) is 0 Å². The van der Waals surface area contributed by atoms with Gasteiger partial charge in [-0.1, -0.05) is 50.5 Å². The fourth-order valence-corrected chi connectivity index (χ4v) is 1.75. The second kappa shape index (κ2) is 6.51. The number of rotatable bonds is 6. The van der Waals surface area contributed by atoms with Gasteiger partial charge in [-0.15, -0.1) is 0 Å². The lowest BCUT2D eigenvalue weighted by Crippen LogP contribution is -2.27. The van der Waals surface area contributed by atoms with Gasteiger partial charge in [0, 0.05) is 0 Å². The number of ether oxygens (including phenoxy) is 1. The molecule has 0 saturated carbocycles. The van der Waals surface area contributed by atoms with Crippen LogP contribution in [0.4, 0.5) is 0 Å². The maximum absolute atomic E-state index is 11.8. The molecule has 0 aromatic heterocycles. The van der Waals surface area contributed by atoms with E-state index in [1.54, 1.807) is 0 Å². The molecule has 0 spiro atoms. The Balaban J connectivity index is 2.26. The van der Waals surface area contributed by atoms with Crippen molar-refractivity contribution in [3.8, 4) is 0 Å². The van der Waals surface area contributed by atoms with Crippen molar-refractivity contribution in [3.05, 3.63) is 24.3 Å². The van der Waals surface area contributed by atoms with E-state index in [4.69, 9.17) is 4.74 Å². The van der Waals surface area contributed by atoms with Gasteiger partial charge in [0.1, 0.15) is 5.41 Å². The summed E-state index contributed by atoms with van der Waals surface area (Å²) in [7, 11) is 0. The molecule has 0 unspecified atom stereocenters. The predicted octanol–water partition coefficient (Wildman–Crippen LogP) is 3.63. The number of hydrogen-bond acceptors (Lipinski definition) is 2. The maximum Gasteiger partial charge on any atom is 0.319 e. The fraction of sp³-hybridized carbons (Fsp3) is 0.643. The number of allylic oxidation sites excluding steroid dienone is 2. The van der Waals surface area contributed by atoms with Crippen LogP contribution in [0.3, 0.4) is 0 Å². The van der Waals surface area contributed by atoms with Gasteiger partial charge < -0.3 is 4.74 Å². The molecule has 0 aromatic carbocycles. The van der Waals surface area contributed by atoms with E-state index >= 15 is 0 Å². The summed E-state index contributed by atoms with van der Waals surface area (Å²) in [4.78, 5) is 11.8. The van der Waals surface area contributed by atoms with Crippen molar-refractivity contribution >= 4 is 5.97 Å². The van der Waals surface area contributed by atoms with Gasteiger partial charge in [0.15, 0.2) is 0 Å². The normalized spacial score (nSPS) is 17.4. The molecule has 2 heteroatoms. The molecule has 90 valence electrons. The lowest BCUT2D eigenvalue weighted by molar-refractivity contribution is -0.149. The largest absolute Gasteiger partial charge is 0.465 e. The van der Waals surface area contributed by atoms with Crippen LogP contribution in [0.1, 0.15) is 46.0 Å². The predicted molar refractivity (Wildman–Crippen MR) is 66.1 cm³/mol. The summed E-state index contributed by atoms with van der Waals surface area (Å²) in [5.41, 5.74) is -0.539. The summed E-state index contributed by atoms with van der Waals surface area (Å²) in [6.07, 6.45) is 13.3. The number of unbranched alkanes of at least 4 members (excludes halogenated alkanes) is 3. The standard InChI is InChI=1S/C14H22O2/c1-3-4-5-9-12-16-13(15)14(2)10-7-6-8-11-14/h7-8,10-11H,3-6,9,12H2,1-2H3. The quantitative estimate of drug-likeness (QED) is 0.389. The van der Waals surface area contributed by atoms with E-state index in [1.165, 1.54) is 12.8 Å². The highest BCUT2D eigenvalue weighted by molar-refractivity contribution is 5.81. The molecule has 2 nitrogen and oxygen atoms in total. The zero-order valence-corrected chi connectivity index (χ0v) is 10.4. The van der Waals surface area contributed by atoms with Crippen LogP contribution in [0, 0.1) is 5.41 Å². The van der Waals surface area contributed by atoms with Gasteiger partial charge in [0.25, 0.3) is 0 Å². The molecule has 16 heavy (non-hydrogen) atoms. The Morgan fingerprint density at radius 3 is 2.56 bits per heavy atom. The Morgan fingerprint density at radius 1 is 1.25 bits per heavy atom. The van der Waals surface area contributed by atoms with Crippen LogP contribution in [-0.4, -0.2) is 12.6 Å². The van der Waals surface area contributed by atoms with Crippen LogP contribution in [0.2, 0.25) is 0 Å². The molecule has 0 saturated heterocycles. The van der Waals surface area contributed by atoms with Crippen molar-refractivity contribution in [1.29, 1.82) is 0 Å². The first-order valence-corrected chi connectivity index (χ1v) is 6.21. The van der Waals surface area contributed by atoms with Gasteiger partial charge in [-0.2, -0.15) is 0 Å². The molecule has 0 heterocycles. The second-order valence-corrected chi connectivity index (χ2v) is 4.52. The van der Waals surface area contributed by atoms with Gasteiger partial charge in [0.2, 0.25) is 0 Å². The van der Waals surface area contributed by atoms with E-state index < -0.39 is 5.41 Å². The van der Waals surface area contributed by atoms with Crippen molar-refractivity contribution in [2.75, 3.05) is 6.61 Å². The Bertz CT molecular complexity index is 264. The molecule has 0 radical (unpaired) electrons. The third-order valence-corrected chi connectivity index (χ3v) is 2.87. The van der Waals surface area contributed by atoms with Crippen LogP contribution >= 0.6 is 0 Å². The molecule has 0 fully saturated rings. The lowest BCUT2D eigenvalue weighted by Gasteiger charge is -2.22. The highest BCUT2D eigenvalue weighted by atomic mass is 16.5. The van der Waals surface area contributed by atoms with E-state index in [0.717, 1.165) is 19.3 Å². The molecule has 0 atom stereocenters. The van der Waals surface area contributed by atoms with E-state index in [0.29, 0.717) is 6.61 Å². The summed E-state index contributed by atoms with van der Waals surface area (Å²) < 4.78 is 5.29. The maximum atomic E-state index is 11.8. The molecular weight excluding hydrogens is 200 g/mol. The molecule has 0 N–H and O–H groups in total. The third-order valence-electron chi connectivity index (χ3n) is 2.87. The smallest absolute Gasteiger partial charge is 0.319 e. The number of carbonyl (C=O) groups excluding carboxylic acids is 1. The Morgan fingerprint density at radius 2 is 1.94 bits per heavy atom. The summed E-state index contributed by atoms with van der Waals surface area (Å²) in [6, 6.07) is 0. The zero-order valence-electron chi connectivity index (χ0n) is 10.4. The van der Waals surface area contributed by atoms with Gasteiger partial charge >= 0.3 is 5.97 Å². The second-order valence-electron chi connectivity index (χ2n) is 4.52. The first kappa shape index (κ1) is 13.0. The van der Waals surface area contributed by atoms with Crippen molar-refractivity contribution in [3.63, 3.8) is 0 Å². The molecule has 0 bridgehead atoms. The van der Waals surface area contributed by atoms with E-state index in [2.05, 4.69) is 6.92 Å². The summed E-state index contributed by atoms with van der Waals surface area (Å²) in [6.45, 7) is 4.62. The molecule has 1 rings (SSSR count). The monoisotopic (exact) mass is 222 g/mol. The Labute approximate surface area is 98.4 Å². The SMILES string of the molecule is CCCCCCOC(=O)C1(C)C=CCC=C1. The molecule has 0 amide bonds. The minimum Gasteiger partial charge on any atom is -0.465 e. The van der Waals surface area contributed by atoms with Crippen LogP contribution < -0.4 is 0 Å². The summed E-state index contributed by atoms with van der Waals surface area (Å²) >= 11 is 0. The lowest BCUT2D eigenvalue weighted by atomic mass is 9.86. The average Bonchev–Trinajstić information content (AvgIpc) is 2.29. The Hall–Kier alpha value is -1.05. The molecule has 1 aliphatic rings. The number of esters is 1.